The number of amides is 4. The van der Waals surface area contributed by atoms with Crippen molar-refractivity contribution in [3.63, 3.8) is 0 Å². The first-order valence-corrected chi connectivity index (χ1v) is 21.2. The lowest BCUT2D eigenvalue weighted by Crippen LogP contribution is -2.74. The Kier molecular flexibility index (Phi) is 12.7. The molecule has 3 aromatic carbocycles. The molecule has 7 rings (SSSR count). The molecule has 312 valence electrons. The molecule has 3 heterocycles. The molecule has 1 atom stereocenters. The standard InChI is InChI=1S/C46H55ClN6O6/c1-45(2)43(46(3,4)44(45)59-34-17-14-32(28-48)37(47)27-34)50-40(55)31-12-15-33(16-13-31)52-22-20-51(21-23-52)24-26-58-25-7-5-6-9-30-10-8-11-35-36(30)29-53(42(35)57)38-18-19-39(54)49-41(38)56/h8,10-17,27,38,43-44H,5-7,9,18-26,29H2,1-4H3,(H,50,55)(H,49,54,56)/t38-,43?,44?/m0/s1. The third kappa shape index (κ3) is 8.98. The maximum absolute atomic E-state index is 13.4. The van der Waals surface area contributed by atoms with E-state index in [-0.39, 0.29) is 53.0 Å². The van der Waals surface area contributed by atoms with Crippen molar-refractivity contribution in [3.05, 3.63) is 93.5 Å². The summed E-state index contributed by atoms with van der Waals surface area (Å²) in [6.45, 7) is 14.8. The topological polar surface area (TPSA) is 144 Å². The Balaban J connectivity index is 0.778. The van der Waals surface area contributed by atoms with Crippen LogP contribution in [0.3, 0.4) is 0 Å². The minimum absolute atomic E-state index is 0.107. The highest BCUT2D eigenvalue weighted by atomic mass is 35.5. The zero-order valence-corrected chi connectivity index (χ0v) is 35.3. The number of rotatable bonds is 15. The van der Waals surface area contributed by atoms with E-state index in [1.807, 2.05) is 36.4 Å². The number of aryl methyl sites for hydroxylation is 1. The second-order valence-corrected chi connectivity index (χ2v) is 17.8. The van der Waals surface area contributed by atoms with Crippen LogP contribution in [-0.2, 0) is 27.3 Å². The summed E-state index contributed by atoms with van der Waals surface area (Å²) in [7, 11) is 0. The molecule has 2 saturated heterocycles. The molecule has 1 aliphatic carbocycles. The number of anilines is 1. The van der Waals surface area contributed by atoms with Crippen LogP contribution < -0.4 is 20.3 Å². The number of halogens is 1. The highest BCUT2D eigenvalue weighted by molar-refractivity contribution is 6.31. The van der Waals surface area contributed by atoms with Gasteiger partial charge in [0.05, 0.1) is 17.2 Å². The van der Waals surface area contributed by atoms with Crippen LogP contribution in [0.4, 0.5) is 5.69 Å². The van der Waals surface area contributed by atoms with Gasteiger partial charge in [-0.1, -0.05) is 57.8 Å². The summed E-state index contributed by atoms with van der Waals surface area (Å²) in [5, 5.41) is 15.2. The number of carbonyl (C=O) groups excluding carboxylic acids is 4. The molecular weight excluding hydrogens is 768 g/mol. The molecule has 0 unspecified atom stereocenters. The lowest BCUT2D eigenvalue weighted by atomic mass is 9.49. The summed E-state index contributed by atoms with van der Waals surface area (Å²) in [6.07, 6.45) is 4.30. The molecule has 59 heavy (non-hydrogen) atoms. The third-order valence-electron chi connectivity index (χ3n) is 12.8. The lowest BCUT2D eigenvalue weighted by Gasteiger charge is -2.63. The number of piperazine rings is 1. The minimum atomic E-state index is -0.596. The second kappa shape index (κ2) is 17.7. The first-order chi connectivity index (χ1) is 28.3. The van der Waals surface area contributed by atoms with E-state index in [0.717, 1.165) is 75.2 Å². The average Bonchev–Trinajstić information content (AvgIpc) is 3.56. The van der Waals surface area contributed by atoms with Crippen LogP contribution in [0, 0.1) is 22.2 Å². The van der Waals surface area contributed by atoms with Crippen LogP contribution in [-0.4, -0.2) is 97.6 Å². The molecule has 0 aromatic heterocycles. The lowest BCUT2D eigenvalue weighted by molar-refractivity contribution is -0.164. The van der Waals surface area contributed by atoms with Crippen molar-refractivity contribution in [3.8, 4) is 11.8 Å². The van der Waals surface area contributed by atoms with Crippen LogP contribution in [0.1, 0.15) is 97.2 Å². The fourth-order valence-electron chi connectivity index (χ4n) is 9.74. The van der Waals surface area contributed by atoms with Gasteiger partial charge < -0.3 is 24.6 Å². The van der Waals surface area contributed by atoms with Crippen LogP contribution >= 0.6 is 11.6 Å². The predicted octanol–water partition coefficient (Wildman–Crippen LogP) is 6.14. The van der Waals surface area contributed by atoms with Gasteiger partial charge in [0.15, 0.2) is 0 Å². The largest absolute Gasteiger partial charge is 0.489 e. The van der Waals surface area contributed by atoms with Gasteiger partial charge in [0.25, 0.3) is 11.8 Å². The van der Waals surface area contributed by atoms with Crippen molar-refractivity contribution in [1.82, 2.24) is 20.4 Å². The molecule has 3 aromatic rings. The Morgan fingerprint density at radius 1 is 0.949 bits per heavy atom. The quantitative estimate of drug-likeness (QED) is 0.137. The third-order valence-corrected chi connectivity index (χ3v) is 13.1. The van der Waals surface area contributed by atoms with E-state index < -0.39 is 6.04 Å². The van der Waals surface area contributed by atoms with E-state index in [0.29, 0.717) is 53.6 Å². The van der Waals surface area contributed by atoms with Gasteiger partial charge in [0.2, 0.25) is 11.8 Å². The van der Waals surface area contributed by atoms with Crippen molar-refractivity contribution in [2.45, 2.75) is 91.0 Å². The molecule has 12 nitrogen and oxygen atoms in total. The summed E-state index contributed by atoms with van der Waals surface area (Å²) in [4.78, 5) is 57.0. The Bertz CT molecular complexity index is 2090. The molecule has 2 N–H and O–H groups in total. The number of nitrogens with one attached hydrogen (secondary N) is 2. The molecule has 0 spiro atoms. The fraction of sp³-hybridized carbons (Fsp3) is 0.500. The first-order valence-electron chi connectivity index (χ1n) is 20.9. The number of nitrogens with zero attached hydrogens (tertiary/aromatic N) is 4. The number of imide groups is 1. The number of ether oxygens (including phenoxy) is 2. The predicted molar refractivity (Wildman–Crippen MR) is 225 cm³/mol. The maximum Gasteiger partial charge on any atom is 0.255 e. The molecule has 4 amide bonds. The van der Waals surface area contributed by atoms with Gasteiger partial charge in [0, 0.05) is 92.0 Å². The normalized spacial score (nSPS) is 22.3. The zero-order valence-electron chi connectivity index (χ0n) is 34.5. The monoisotopic (exact) mass is 822 g/mol. The van der Waals surface area contributed by atoms with Crippen LogP contribution in [0.2, 0.25) is 5.02 Å². The van der Waals surface area contributed by atoms with Gasteiger partial charge >= 0.3 is 0 Å². The van der Waals surface area contributed by atoms with Gasteiger partial charge in [0.1, 0.15) is 24.0 Å². The number of benzene rings is 3. The molecule has 0 radical (unpaired) electrons. The number of hydrogen-bond donors (Lipinski definition) is 2. The van der Waals surface area contributed by atoms with Crippen LogP contribution in [0.5, 0.6) is 5.75 Å². The van der Waals surface area contributed by atoms with Gasteiger partial charge in [-0.05, 0) is 79.3 Å². The number of nitriles is 1. The second-order valence-electron chi connectivity index (χ2n) is 17.4. The van der Waals surface area contributed by atoms with Gasteiger partial charge in [-0.15, -0.1) is 0 Å². The number of carbonyl (C=O) groups is 4. The van der Waals surface area contributed by atoms with Crippen LogP contribution in [0.15, 0.2) is 60.7 Å². The highest BCUT2D eigenvalue weighted by Crippen LogP contribution is 2.55. The Labute approximate surface area is 352 Å². The molecule has 3 aliphatic heterocycles. The molecule has 3 fully saturated rings. The molecular formula is C46H55ClN6O6. The Morgan fingerprint density at radius 2 is 1.69 bits per heavy atom. The molecule has 0 bridgehead atoms. The summed E-state index contributed by atoms with van der Waals surface area (Å²) in [5.74, 6) is -0.294. The van der Waals surface area contributed by atoms with Crippen LogP contribution in [0.25, 0.3) is 0 Å². The number of unbranched alkanes of at least 4 members (excludes halogenated alkanes) is 2. The number of hydrogen-bond acceptors (Lipinski definition) is 9. The van der Waals surface area contributed by atoms with Gasteiger partial charge in [-0.2, -0.15) is 5.26 Å². The van der Waals surface area contributed by atoms with Crippen molar-refractivity contribution in [2.24, 2.45) is 10.8 Å². The van der Waals surface area contributed by atoms with Crippen molar-refractivity contribution >= 4 is 40.9 Å². The van der Waals surface area contributed by atoms with E-state index in [9.17, 15) is 24.4 Å². The Morgan fingerprint density at radius 3 is 2.39 bits per heavy atom. The number of piperidine rings is 1. The van der Waals surface area contributed by atoms with Crippen molar-refractivity contribution < 1.29 is 28.7 Å². The van der Waals surface area contributed by atoms with E-state index >= 15 is 0 Å². The average molecular weight is 823 g/mol. The summed E-state index contributed by atoms with van der Waals surface area (Å²) in [5.41, 5.74) is 4.28. The molecule has 4 aliphatic rings. The Hall–Kier alpha value is -4.96. The van der Waals surface area contributed by atoms with Gasteiger partial charge in [-0.3, -0.25) is 29.4 Å². The SMILES string of the molecule is CC1(C)C(NC(=O)c2ccc(N3CCN(CCOCCCCCc4cccc5c4CN([C@H]4CCC(=O)NC4=O)C5=O)CC3)cc2)C(C)(C)C1Oc1ccc(C#N)c(Cl)c1. The highest BCUT2D eigenvalue weighted by Gasteiger charge is 2.64. The van der Waals surface area contributed by atoms with E-state index in [2.05, 4.69) is 60.3 Å². The zero-order chi connectivity index (χ0) is 41.9. The number of fused-ring (bicyclic) bond motifs is 1. The van der Waals surface area contributed by atoms with Crippen molar-refractivity contribution in [1.29, 1.82) is 5.26 Å². The van der Waals surface area contributed by atoms with E-state index in [4.69, 9.17) is 21.1 Å². The molecule has 1 saturated carbocycles. The van der Waals surface area contributed by atoms with Gasteiger partial charge in [-0.25, -0.2) is 0 Å². The minimum Gasteiger partial charge on any atom is -0.489 e. The first kappa shape index (κ1) is 42.2. The maximum atomic E-state index is 13.4. The summed E-state index contributed by atoms with van der Waals surface area (Å²) >= 11 is 6.25. The summed E-state index contributed by atoms with van der Waals surface area (Å²) in [6, 6.07) is 20.2. The smallest absolute Gasteiger partial charge is 0.255 e. The summed E-state index contributed by atoms with van der Waals surface area (Å²) < 4.78 is 12.4. The van der Waals surface area contributed by atoms with Crippen molar-refractivity contribution in [2.75, 3.05) is 50.8 Å². The fourth-order valence-corrected chi connectivity index (χ4v) is 9.95. The van der Waals surface area contributed by atoms with E-state index in [1.54, 1.807) is 23.1 Å². The van der Waals surface area contributed by atoms with E-state index in [1.165, 1.54) is 0 Å². The molecule has 13 heteroatoms.